The Balaban J connectivity index is 1.68. The first-order chi connectivity index (χ1) is 15.3. The van der Waals surface area contributed by atoms with Crippen LogP contribution in [0.1, 0.15) is 48.5 Å². The lowest BCUT2D eigenvalue weighted by atomic mass is 10.2. The summed E-state index contributed by atoms with van der Waals surface area (Å²) in [5.41, 5.74) is 1.07. The SMILES string of the molecule is CC(NC(=O)c1ccc(Cl)c(S(=O)(=O)N2CCCCCC2)c1)C(=O)NCc1ccccc1. The lowest BCUT2D eigenvalue weighted by Crippen LogP contribution is -2.44. The minimum atomic E-state index is -3.81. The van der Waals surface area contributed by atoms with E-state index in [-0.39, 0.29) is 21.4 Å². The number of rotatable bonds is 7. The van der Waals surface area contributed by atoms with Crippen LogP contribution < -0.4 is 10.6 Å². The highest BCUT2D eigenvalue weighted by molar-refractivity contribution is 7.89. The standard InChI is InChI=1S/C23H28ClN3O4S/c1-17(22(28)25-16-18-9-5-4-6-10-18)26-23(29)19-11-12-20(24)21(15-19)32(30,31)27-13-7-2-3-8-14-27/h4-6,9-12,15,17H,2-3,7-8,13-14,16H2,1H3,(H,25,28)(H,26,29). The fraction of sp³-hybridized carbons (Fsp3) is 0.391. The molecule has 2 amide bonds. The number of hydrogen-bond acceptors (Lipinski definition) is 4. The van der Waals surface area contributed by atoms with Gasteiger partial charge in [-0.2, -0.15) is 4.31 Å². The summed E-state index contributed by atoms with van der Waals surface area (Å²) < 4.78 is 27.7. The summed E-state index contributed by atoms with van der Waals surface area (Å²) in [6, 6.07) is 12.8. The molecule has 32 heavy (non-hydrogen) atoms. The third-order valence-corrected chi connectivity index (χ3v) is 7.81. The largest absolute Gasteiger partial charge is 0.350 e. The van der Waals surface area contributed by atoms with E-state index in [0.29, 0.717) is 19.6 Å². The van der Waals surface area contributed by atoms with Crippen molar-refractivity contribution in [2.24, 2.45) is 0 Å². The molecule has 1 heterocycles. The van der Waals surface area contributed by atoms with Gasteiger partial charge < -0.3 is 10.6 Å². The first-order valence-corrected chi connectivity index (χ1v) is 12.5. The van der Waals surface area contributed by atoms with Crippen molar-refractivity contribution in [1.82, 2.24) is 14.9 Å². The number of sulfonamides is 1. The number of amides is 2. The molecule has 1 fully saturated rings. The van der Waals surface area contributed by atoms with Gasteiger partial charge in [0, 0.05) is 25.2 Å². The van der Waals surface area contributed by atoms with Crippen LogP contribution in [0.25, 0.3) is 0 Å². The Morgan fingerprint density at radius 1 is 1.03 bits per heavy atom. The number of hydrogen-bond donors (Lipinski definition) is 2. The average Bonchev–Trinajstić information content (AvgIpc) is 3.08. The zero-order valence-corrected chi connectivity index (χ0v) is 19.6. The lowest BCUT2D eigenvalue weighted by Gasteiger charge is -2.21. The van der Waals surface area contributed by atoms with Gasteiger partial charge >= 0.3 is 0 Å². The van der Waals surface area contributed by atoms with Crippen LogP contribution in [0.15, 0.2) is 53.4 Å². The molecule has 0 spiro atoms. The topological polar surface area (TPSA) is 95.6 Å². The van der Waals surface area contributed by atoms with E-state index in [1.54, 1.807) is 6.92 Å². The number of halogens is 1. The summed E-state index contributed by atoms with van der Waals surface area (Å²) in [5, 5.41) is 5.46. The normalized spacial score (nSPS) is 16.1. The van der Waals surface area contributed by atoms with Crippen molar-refractivity contribution in [2.75, 3.05) is 13.1 Å². The van der Waals surface area contributed by atoms with Gasteiger partial charge in [-0.15, -0.1) is 0 Å². The van der Waals surface area contributed by atoms with Crippen LogP contribution in [0.2, 0.25) is 5.02 Å². The highest BCUT2D eigenvalue weighted by Crippen LogP contribution is 2.27. The molecule has 2 aromatic rings. The second kappa shape index (κ2) is 10.9. The Labute approximate surface area is 194 Å². The molecular weight excluding hydrogens is 450 g/mol. The molecular formula is C23H28ClN3O4S. The number of nitrogens with zero attached hydrogens (tertiary/aromatic N) is 1. The molecule has 7 nitrogen and oxygen atoms in total. The Morgan fingerprint density at radius 2 is 1.69 bits per heavy atom. The van der Waals surface area contributed by atoms with Gasteiger partial charge in [0.15, 0.2) is 0 Å². The molecule has 1 aliphatic rings. The zero-order valence-electron chi connectivity index (χ0n) is 18.0. The average molecular weight is 478 g/mol. The fourth-order valence-electron chi connectivity index (χ4n) is 3.55. The molecule has 0 saturated carbocycles. The number of nitrogens with one attached hydrogen (secondary N) is 2. The summed E-state index contributed by atoms with van der Waals surface area (Å²) in [5.74, 6) is -0.884. The van der Waals surface area contributed by atoms with Gasteiger partial charge in [0.05, 0.1) is 5.02 Å². The molecule has 172 valence electrons. The number of carbonyl (C=O) groups excluding carboxylic acids is 2. The van der Waals surface area contributed by atoms with E-state index in [0.717, 1.165) is 31.2 Å². The van der Waals surface area contributed by atoms with Crippen molar-refractivity contribution in [2.45, 2.75) is 50.1 Å². The van der Waals surface area contributed by atoms with Gasteiger partial charge in [-0.3, -0.25) is 9.59 Å². The van der Waals surface area contributed by atoms with E-state index in [2.05, 4.69) is 10.6 Å². The summed E-state index contributed by atoms with van der Waals surface area (Å²) in [6.07, 6.45) is 3.58. The van der Waals surface area contributed by atoms with Crippen molar-refractivity contribution in [1.29, 1.82) is 0 Å². The lowest BCUT2D eigenvalue weighted by molar-refractivity contribution is -0.122. The molecule has 0 aromatic heterocycles. The summed E-state index contributed by atoms with van der Waals surface area (Å²) in [6.45, 7) is 2.80. The maximum Gasteiger partial charge on any atom is 0.251 e. The van der Waals surface area contributed by atoms with E-state index in [4.69, 9.17) is 11.6 Å². The summed E-state index contributed by atoms with van der Waals surface area (Å²) in [4.78, 5) is 25.0. The first-order valence-electron chi connectivity index (χ1n) is 10.7. The van der Waals surface area contributed by atoms with Crippen molar-refractivity contribution in [3.63, 3.8) is 0 Å². The molecule has 0 bridgehead atoms. The van der Waals surface area contributed by atoms with Crippen LogP contribution in [0, 0.1) is 0 Å². The quantitative estimate of drug-likeness (QED) is 0.639. The number of carbonyl (C=O) groups is 2. The Hall–Kier alpha value is -2.42. The van der Waals surface area contributed by atoms with Crippen LogP contribution in [0.5, 0.6) is 0 Å². The molecule has 9 heteroatoms. The van der Waals surface area contributed by atoms with Gasteiger partial charge in [0.1, 0.15) is 10.9 Å². The molecule has 2 aromatic carbocycles. The second-order valence-corrected chi connectivity index (χ2v) is 10.2. The fourth-order valence-corrected chi connectivity index (χ4v) is 5.56. The van der Waals surface area contributed by atoms with Gasteiger partial charge in [-0.25, -0.2) is 8.42 Å². The molecule has 0 radical (unpaired) electrons. The zero-order chi connectivity index (χ0) is 23.1. The molecule has 1 unspecified atom stereocenters. The molecule has 1 aliphatic heterocycles. The van der Waals surface area contributed by atoms with Crippen LogP contribution in [-0.2, 0) is 21.4 Å². The van der Waals surface area contributed by atoms with Crippen LogP contribution in [0.4, 0.5) is 0 Å². The molecule has 0 aliphatic carbocycles. The maximum absolute atomic E-state index is 13.1. The highest BCUT2D eigenvalue weighted by Gasteiger charge is 2.28. The predicted molar refractivity (Wildman–Crippen MR) is 124 cm³/mol. The molecule has 2 N–H and O–H groups in total. The molecule has 3 rings (SSSR count). The van der Waals surface area contributed by atoms with Crippen molar-refractivity contribution in [3.05, 3.63) is 64.7 Å². The Kier molecular flexibility index (Phi) is 8.28. The van der Waals surface area contributed by atoms with Crippen LogP contribution in [-0.4, -0.2) is 43.7 Å². The van der Waals surface area contributed by atoms with E-state index in [1.165, 1.54) is 22.5 Å². The second-order valence-electron chi connectivity index (χ2n) is 7.86. The minimum absolute atomic E-state index is 0.0689. The third-order valence-electron chi connectivity index (χ3n) is 5.43. The van der Waals surface area contributed by atoms with E-state index in [9.17, 15) is 18.0 Å². The first kappa shape index (κ1) is 24.2. The van der Waals surface area contributed by atoms with Gasteiger partial charge in [0.25, 0.3) is 5.91 Å². The van der Waals surface area contributed by atoms with Gasteiger partial charge in [0.2, 0.25) is 15.9 Å². The van der Waals surface area contributed by atoms with Crippen molar-refractivity contribution in [3.8, 4) is 0 Å². The molecule has 1 saturated heterocycles. The highest BCUT2D eigenvalue weighted by atomic mass is 35.5. The van der Waals surface area contributed by atoms with E-state index in [1.807, 2.05) is 30.3 Å². The third kappa shape index (κ3) is 6.09. The van der Waals surface area contributed by atoms with Crippen LogP contribution >= 0.6 is 11.6 Å². The van der Waals surface area contributed by atoms with Gasteiger partial charge in [-0.05, 0) is 43.5 Å². The van der Waals surface area contributed by atoms with E-state index >= 15 is 0 Å². The number of benzene rings is 2. The molecule has 1 atom stereocenters. The predicted octanol–water partition coefficient (Wildman–Crippen LogP) is 3.34. The smallest absolute Gasteiger partial charge is 0.251 e. The Morgan fingerprint density at radius 3 is 2.34 bits per heavy atom. The summed E-state index contributed by atoms with van der Waals surface area (Å²) in [7, 11) is -3.81. The Bertz CT molecular complexity index is 1050. The maximum atomic E-state index is 13.1. The minimum Gasteiger partial charge on any atom is -0.350 e. The summed E-state index contributed by atoms with van der Waals surface area (Å²) >= 11 is 6.20. The van der Waals surface area contributed by atoms with E-state index < -0.39 is 22.0 Å². The van der Waals surface area contributed by atoms with Crippen molar-refractivity contribution >= 4 is 33.4 Å². The van der Waals surface area contributed by atoms with Gasteiger partial charge in [-0.1, -0.05) is 54.8 Å². The monoisotopic (exact) mass is 477 g/mol. The van der Waals surface area contributed by atoms with Crippen LogP contribution in [0.3, 0.4) is 0 Å². The van der Waals surface area contributed by atoms with Crippen molar-refractivity contribution < 1.29 is 18.0 Å².